The molecule has 0 saturated heterocycles. The van der Waals surface area contributed by atoms with Gasteiger partial charge in [0.25, 0.3) is 0 Å². The van der Waals surface area contributed by atoms with Crippen LogP contribution in [0.5, 0.6) is 0 Å². The van der Waals surface area contributed by atoms with E-state index in [9.17, 15) is 52.7 Å². The molecule has 0 saturated carbocycles. The first-order chi connectivity index (χ1) is 17.9. The van der Waals surface area contributed by atoms with Gasteiger partial charge in [0.05, 0.1) is 33.2 Å². The Labute approximate surface area is 212 Å². The summed E-state index contributed by atoms with van der Waals surface area (Å²) in [4.78, 5) is 3.98. The summed E-state index contributed by atoms with van der Waals surface area (Å²) in [5.41, 5.74) is -8.97. The molecule has 0 atom stereocenters. The molecule has 14 heteroatoms. The van der Waals surface area contributed by atoms with Gasteiger partial charge < -0.3 is 0 Å². The number of benzene rings is 3. The second kappa shape index (κ2) is 9.69. The summed E-state index contributed by atoms with van der Waals surface area (Å²) in [6, 6.07) is 9.12. The predicted octanol–water partition coefficient (Wildman–Crippen LogP) is 8.07. The van der Waals surface area contributed by atoms with Crippen molar-refractivity contribution >= 4 is 34.9 Å². The minimum Gasteiger partial charge on any atom is -0.247 e. The van der Waals surface area contributed by atoms with Crippen molar-refractivity contribution in [2.24, 2.45) is 0 Å². The molecule has 39 heavy (non-hydrogen) atoms. The lowest BCUT2D eigenvalue weighted by Crippen LogP contribution is -2.38. The molecule has 0 spiro atoms. The number of rotatable bonds is 3. The van der Waals surface area contributed by atoms with Crippen LogP contribution in [0, 0.1) is 0 Å². The number of nitrogens with zero attached hydrogens (tertiary/aromatic N) is 1. The fourth-order valence-electron chi connectivity index (χ4n) is 4.00. The highest BCUT2D eigenvalue weighted by Gasteiger charge is 2.49. The molecule has 1 nitrogen and oxygen atoms in total. The monoisotopic (exact) mass is 585 g/mol. The summed E-state index contributed by atoms with van der Waals surface area (Å²) in [7, 11) is -3.85. The van der Waals surface area contributed by atoms with Crippen LogP contribution in [0.15, 0.2) is 72.8 Å². The van der Waals surface area contributed by atoms with Crippen LogP contribution < -0.4 is 16.0 Å². The molecule has 4 rings (SSSR count). The summed E-state index contributed by atoms with van der Waals surface area (Å²) in [5, 5.41) is -3.23. The highest BCUT2D eigenvalue weighted by Crippen LogP contribution is 2.49. The minimum absolute atomic E-state index is 0.0569. The number of pyridine rings is 1. The molecule has 1 aromatic heterocycles. The molecule has 0 N–H and O–H groups in total. The number of alkyl halides is 12. The Morgan fingerprint density at radius 1 is 0.436 bits per heavy atom. The molecule has 0 unspecified atom stereocenters. The summed E-state index contributed by atoms with van der Waals surface area (Å²) < 4.78 is 169. The van der Waals surface area contributed by atoms with Crippen molar-refractivity contribution in [3.05, 3.63) is 95.1 Å². The third-order valence-electron chi connectivity index (χ3n) is 5.55. The lowest BCUT2D eigenvalue weighted by molar-refractivity contribution is -0.142. The Kier molecular flexibility index (Phi) is 7.12. The van der Waals surface area contributed by atoms with Crippen LogP contribution in [0.4, 0.5) is 52.7 Å². The topological polar surface area (TPSA) is 12.9 Å². The van der Waals surface area contributed by atoms with E-state index in [0.717, 1.165) is 12.1 Å². The van der Waals surface area contributed by atoms with E-state index in [1.807, 2.05) is 0 Å². The average Bonchev–Trinajstić information content (AvgIpc) is 2.81. The van der Waals surface area contributed by atoms with E-state index in [1.54, 1.807) is 0 Å². The van der Waals surface area contributed by atoms with Crippen LogP contribution in [-0.2, 0) is 24.7 Å². The maximum atomic E-state index is 14.1. The molecular weight excluding hydrogens is 573 g/mol. The van der Waals surface area contributed by atoms with Crippen LogP contribution in [0.25, 0.3) is 10.9 Å². The molecule has 3 aromatic carbocycles. The first-order valence-electron chi connectivity index (χ1n) is 10.6. The first-order valence-corrected chi connectivity index (χ1v) is 12.0. The van der Waals surface area contributed by atoms with E-state index < -0.39 is 70.9 Å². The van der Waals surface area contributed by atoms with Gasteiger partial charge in [-0.2, -0.15) is 52.7 Å². The highest BCUT2D eigenvalue weighted by atomic mass is 31.1. The number of hydrogen-bond donors (Lipinski definition) is 0. The van der Waals surface area contributed by atoms with Crippen molar-refractivity contribution in [3.63, 3.8) is 0 Å². The van der Waals surface area contributed by atoms with E-state index in [0.29, 0.717) is 17.5 Å². The quantitative estimate of drug-likeness (QED) is 0.175. The standard InChI is InChI=1S/C25H12F12NP/c26-22(27,28)14-6-3-7-15(23(29,30)31)20(14)39(19-12-11-13-5-1-2-10-18(13)38-19)21-16(24(32,33)34)8-4-9-17(21)25(35,36)37/h1-12H. The van der Waals surface area contributed by atoms with Gasteiger partial charge in [0.15, 0.2) is 0 Å². The molecule has 206 valence electrons. The largest absolute Gasteiger partial charge is 0.417 e. The fourth-order valence-corrected chi connectivity index (χ4v) is 6.89. The number of aromatic nitrogens is 1. The van der Waals surface area contributed by atoms with E-state index in [4.69, 9.17) is 0 Å². The Balaban J connectivity index is 2.27. The van der Waals surface area contributed by atoms with Gasteiger partial charge in [0.2, 0.25) is 0 Å². The number of para-hydroxylation sites is 1. The molecule has 1 heterocycles. The Morgan fingerprint density at radius 2 is 0.821 bits per heavy atom. The molecule has 0 amide bonds. The Hall–Kier alpha value is -3.34. The third kappa shape index (κ3) is 5.68. The van der Waals surface area contributed by atoms with Crippen molar-refractivity contribution < 1.29 is 52.7 Å². The first kappa shape index (κ1) is 28.7. The van der Waals surface area contributed by atoms with Gasteiger partial charge in [-0.25, -0.2) is 4.98 Å². The summed E-state index contributed by atoms with van der Waals surface area (Å²) in [6.45, 7) is 0. The van der Waals surface area contributed by atoms with Gasteiger partial charge in [-0.05, 0) is 36.4 Å². The van der Waals surface area contributed by atoms with Crippen LogP contribution in [0.3, 0.4) is 0 Å². The van der Waals surface area contributed by atoms with Crippen molar-refractivity contribution in [3.8, 4) is 0 Å². The van der Waals surface area contributed by atoms with Gasteiger partial charge in [-0.15, -0.1) is 0 Å². The third-order valence-corrected chi connectivity index (χ3v) is 8.12. The lowest BCUT2D eigenvalue weighted by Gasteiger charge is -2.30. The van der Waals surface area contributed by atoms with Crippen LogP contribution in [-0.4, -0.2) is 4.98 Å². The molecule has 0 bridgehead atoms. The smallest absolute Gasteiger partial charge is 0.247 e. The van der Waals surface area contributed by atoms with Crippen molar-refractivity contribution in [1.82, 2.24) is 4.98 Å². The van der Waals surface area contributed by atoms with Crippen LogP contribution in [0.1, 0.15) is 22.3 Å². The fraction of sp³-hybridized carbons (Fsp3) is 0.160. The number of fused-ring (bicyclic) bond motifs is 1. The highest BCUT2D eigenvalue weighted by molar-refractivity contribution is 7.80. The van der Waals surface area contributed by atoms with Gasteiger partial charge in [-0.3, -0.25) is 0 Å². The van der Waals surface area contributed by atoms with E-state index in [-0.39, 0.29) is 29.8 Å². The lowest BCUT2D eigenvalue weighted by atomic mass is 10.1. The van der Waals surface area contributed by atoms with E-state index >= 15 is 0 Å². The Bertz CT molecular complexity index is 1380. The molecular formula is C25H12F12NP. The second-order valence-electron chi connectivity index (χ2n) is 8.09. The average molecular weight is 585 g/mol. The molecule has 0 radical (unpaired) electrons. The minimum atomic E-state index is -5.57. The van der Waals surface area contributed by atoms with Gasteiger partial charge in [-0.1, -0.05) is 36.4 Å². The SMILES string of the molecule is FC(F)(F)c1cccc(C(F)(F)F)c1P(c1ccc2ccccc2n1)c1c(C(F)(F)F)cccc1C(F)(F)F. The van der Waals surface area contributed by atoms with Gasteiger partial charge in [0.1, 0.15) is 0 Å². The molecule has 0 aliphatic heterocycles. The zero-order chi connectivity index (χ0) is 29.0. The maximum absolute atomic E-state index is 14.1. The van der Waals surface area contributed by atoms with E-state index in [1.165, 1.54) is 24.3 Å². The summed E-state index contributed by atoms with van der Waals surface area (Å²) >= 11 is 0. The zero-order valence-corrected chi connectivity index (χ0v) is 19.8. The van der Waals surface area contributed by atoms with Crippen molar-refractivity contribution in [1.29, 1.82) is 0 Å². The number of halogens is 12. The van der Waals surface area contributed by atoms with Crippen LogP contribution in [0.2, 0.25) is 0 Å². The van der Waals surface area contributed by atoms with E-state index in [2.05, 4.69) is 4.98 Å². The molecule has 0 aliphatic rings. The maximum Gasteiger partial charge on any atom is 0.417 e. The second-order valence-corrected chi connectivity index (χ2v) is 10.1. The predicted molar refractivity (Wildman–Crippen MR) is 120 cm³/mol. The van der Waals surface area contributed by atoms with Crippen LogP contribution >= 0.6 is 7.92 Å². The van der Waals surface area contributed by atoms with Gasteiger partial charge in [0, 0.05) is 23.9 Å². The number of hydrogen-bond acceptors (Lipinski definition) is 1. The molecule has 0 fully saturated rings. The normalized spacial score (nSPS) is 13.4. The summed E-state index contributed by atoms with van der Waals surface area (Å²) in [5.74, 6) is 0. The molecule has 0 aliphatic carbocycles. The van der Waals surface area contributed by atoms with Crippen molar-refractivity contribution in [2.75, 3.05) is 0 Å². The Morgan fingerprint density at radius 3 is 1.21 bits per heavy atom. The summed E-state index contributed by atoms with van der Waals surface area (Å²) in [6.07, 6.45) is -22.3. The zero-order valence-electron chi connectivity index (χ0n) is 18.9. The molecule has 4 aromatic rings. The van der Waals surface area contributed by atoms with Gasteiger partial charge >= 0.3 is 24.7 Å². The van der Waals surface area contributed by atoms with Crippen molar-refractivity contribution in [2.45, 2.75) is 24.7 Å².